The van der Waals surface area contributed by atoms with E-state index in [0.717, 1.165) is 0 Å². The maximum atomic E-state index is 11.7. The number of thiol groups is 1. The number of rotatable bonds is 3. The van der Waals surface area contributed by atoms with E-state index < -0.39 is 0 Å². The standard InChI is InChI=1S/C10H12N2O2S2/c1-2-14-8-6-4-3-5-7(8)9(13)11-12-10(15)16/h3-6H,2H2,1H3,(H,11,13)(H2,12,15,16). The molecule has 0 saturated heterocycles. The summed E-state index contributed by atoms with van der Waals surface area (Å²) in [4.78, 5) is 11.7. The van der Waals surface area contributed by atoms with Crippen molar-refractivity contribution in [3.05, 3.63) is 29.8 Å². The Balaban J connectivity index is 2.77. The van der Waals surface area contributed by atoms with Gasteiger partial charge < -0.3 is 4.74 Å². The summed E-state index contributed by atoms with van der Waals surface area (Å²) in [5, 5.41) is 0. The second kappa shape index (κ2) is 6.34. The highest BCUT2D eigenvalue weighted by Gasteiger charge is 2.10. The number of nitrogens with one attached hydrogen (secondary N) is 2. The van der Waals surface area contributed by atoms with Crippen molar-refractivity contribution in [2.75, 3.05) is 6.61 Å². The Morgan fingerprint density at radius 1 is 1.44 bits per heavy atom. The van der Waals surface area contributed by atoms with Gasteiger partial charge in [-0.2, -0.15) is 0 Å². The van der Waals surface area contributed by atoms with Gasteiger partial charge in [0.15, 0.2) is 0 Å². The van der Waals surface area contributed by atoms with Crippen molar-refractivity contribution < 1.29 is 9.53 Å². The van der Waals surface area contributed by atoms with Crippen LogP contribution in [0.4, 0.5) is 0 Å². The van der Waals surface area contributed by atoms with Gasteiger partial charge in [0.05, 0.1) is 12.2 Å². The molecule has 6 heteroatoms. The SMILES string of the molecule is CCOc1ccccc1C(=O)NNC(=S)S. The lowest BCUT2D eigenvalue weighted by molar-refractivity contribution is 0.0941. The molecule has 1 rings (SSSR count). The molecule has 1 aromatic rings. The fraction of sp³-hybridized carbons (Fsp3) is 0.200. The molecule has 2 N–H and O–H groups in total. The lowest BCUT2D eigenvalue weighted by atomic mass is 10.2. The van der Waals surface area contributed by atoms with Crippen molar-refractivity contribution >= 4 is 35.1 Å². The number of hydrogen-bond donors (Lipinski definition) is 3. The maximum Gasteiger partial charge on any atom is 0.273 e. The molecule has 0 radical (unpaired) electrons. The highest BCUT2D eigenvalue weighted by atomic mass is 32.1. The Kier molecular flexibility index (Phi) is 5.07. The minimum Gasteiger partial charge on any atom is -0.493 e. The minimum atomic E-state index is -0.319. The van der Waals surface area contributed by atoms with Crippen LogP contribution >= 0.6 is 24.8 Å². The van der Waals surface area contributed by atoms with E-state index in [1.165, 1.54) is 0 Å². The van der Waals surface area contributed by atoms with Gasteiger partial charge in [-0.25, -0.2) is 0 Å². The van der Waals surface area contributed by atoms with Crippen molar-refractivity contribution in [3.8, 4) is 5.75 Å². The van der Waals surface area contributed by atoms with E-state index in [-0.39, 0.29) is 10.2 Å². The van der Waals surface area contributed by atoms with Gasteiger partial charge in [-0.3, -0.25) is 15.6 Å². The molecular weight excluding hydrogens is 244 g/mol. The van der Waals surface area contributed by atoms with Crippen molar-refractivity contribution in [1.29, 1.82) is 0 Å². The van der Waals surface area contributed by atoms with Crippen LogP contribution in [-0.2, 0) is 0 Å². The highest BCUT2D eigenvalue weighted by Crippen LogP contribution is 2.17. The van der Waals surface area contributed by atoms with E-state index in [0.29, 0.717) is 17.9 Å². The first kappa shape index (κ1) is 12.8. The first-order chi connectivity index (χ1) is 7.65. The predicted molar refractivity (Wildman–Crippen MR) is 69.8 cm³/mol. The molecule has 0 atom stereocenters. The molecule has 0 heterocycles. The number of thiocarbonyl (C=S) groups is 1. The Labute approximate surface area is 105 Å². The van der Waals surface area contributed by atoms with Crippen LogP contribution in [0.3, 0.4) is 0 Å². The zero-order valence-electron chi connectivity index (χ0n) is 8.69. The molecule has 0 spiro atoms. The third kappa shape index (κ3) is 3.71. The van der Waals surface area contributed by atoms with Crippen LogP contribution in [0.15, 0.2) is 24.3 Å². The molecule has 1 aromatic carbocycles. The fourth-order valence-electron chi connectivity index (χ4n) is 1.11. The normalized spacial score (nSPS) is 9.38. The van der Waals surface area contributed by atoms with Crippen molar-refractivity contribution in [2.24, 2.45) is 0 Å². The van der Waals surface area contributed by atoms with Crippen molar-refractivity contribution in [1.82, 2.24) is 10.9 Å². The molecular formula is C10H12N2O2S2. The third-order valence-electron chi connectivity index (χ3n) is 1.71. The molecule has 0 aromatic heterocycles. The third-order valence-corrected chi connectivity index (χ3v) is 1.93. The van der Waals surface area contributed by atoms with Gasteiger partial charge in [0.1, 0.15) is 10.1 Å². The number of hydrazine groups is 1. The summed E-state index contributed by atoms with van der Waals surface area (Å²) >= 11 is 8.48. The minimum absolute atomic E-state index is 0.197. The van der Waals surface area contributed by atoms with Crippen molar-refractivity contribution in [3.63, 3.8) is 0 Å². The largest absolute Gasteiger partial charge is 0.493 e. The summed E-state index contributed by atoms with van der Waals surface area (Å²) in [6, 6.07) is 6.97. The molecule has 4 nitrogen and oxygen atoms in total. The quantitative estimate of drug-likeness (QED) is 0.436. The van der Waals surface area contributed by atoms with Gasteiger partial charge in [0, 0.05) is 0 Å². The lowest BCUT2D eigenvalue weighted by Crippen LogP contribution is -2.38. The van der Waals surface area contributed by atoms with E-state index >= 15 is 0 Å². The van der Waals surface area contributed by atoms with Crippen LogP contribution in [0.1, 0.15) is 17.3 Å². The van der Waals surface area contributed by atoms with Gasteiger partial charge in [0.25, 0.3) is 5.91 Å². The number of ether oxygens (including phenoxy) is 1. The average Bonchev–Trinajstić information content (AvgIpc) is 2.27. The molecule has 1 amide bonds. The van der Waals surface area contributed by atoms with E-state index in [9.17, 15) is 4.79 Å². The van der Waals surface area contributed by atoms with Crippen LogP contribution in [0.5, 0.6) is 5.75 Å². The van der Waals surface area contributed by atoms with Crippen LogP contribution in [0.25, 0.3) is 0 Å². The lowest BCUT2D eigenvalue weighted by Gasteiger charge is -2.10. The van der Waals surface area contributed by atoms with E-state index in [1.54, 1.807) is 24.3 Å². The summed E-state index contributed by atoms with van der Waals surface area (Å²) in [6.07, 6.45) is 0. The molecule has 0 aliphatic carbocycles. The highest BCUT2D eigenvalue weighted by molar-refractivity contribution is 8.11. The number of carbonyl (C=O) groups excluding carboxylic acids is 1. The first-order valence-electron chi connectivity index (χ1n) is 4.66. The smallest absolute Gasteiger partial charge is 0.273 e. The average molecular weight is 256 g/mol. The number of benzene rings is 1. The van der Waals surface area contributed by atoms with E-state index in [1.807, 2.05) is 6.92 Å². The number of hydrogen-bond acceptors (Lipinski definition) is 3. The van der Waals surface area contributed by atoms with Gasteiger partial charge in [-0.15, -0.1) is 12.6 Å². The summed E-state index contributed by atoms with van der Waals surface area (Å²) in [7, 11) is 0. The van der Waals surface area contributed by atoms with E-state index in [4.69, 9.17) is 4.74 Å². The first-order valence-corrected chi connectivity index (χ1v) is 5.51. The molecule has 0 bridgehead atoms. The number of carbonyl (C=O) groups is 1. The molecule has 0 unspecified atom stereocenters. The number of para-hydroxylation sites is 1. The predicted octanol–water partition coefficient (Wildman–Crippen LogP) is 1.53. The summed E-state index contributed by atoms with van der Waals surface area (Å²) in [5.74, 6) is 0.217. The van der Waals surface area contributed by atoms with Crippen LogP contribution in [0.2, 0.25) is 0 Å². The molecule has 16 heavy (non-hydrogen) atoms. The summed E-state index contributed by atoms with van der Waals surface area (Å²) < 4.78 is 5.52. The molecule has 0 fully saturated rings. The molecule has 0 aliphatic rings. The topological polar surface area (TPSA) is 50.4 Å². The Morgan fingerprint density at radius 3 is 2.75 bits per heavy atom. The molecule has 86 valence electrons. The van der Waals surface area contributed by atoms with Crippen LogP contribution in [0, 0.1) is 0 Å². The Hall–Kier alpha value is -1.27. The Morgan fingerprint density at radius 2 is 2.12 bits per heavy atom. The van der Waals surface area contributed by atoms with Gasteiger partial charge in [-0.05, 0) is 19.1 Å². The molecule has 0 aliphatic heterocycles. The maximum absolute atomic E-state index is 11.7. The van der Waals surface area contributed by atoms with E-state index in [2.05, 4.69) is 35.7 Å². The number of amides is 1. The van der Waals surface area contributed by atoms with Crippen LogP contribution < -0.4 is 15.6 Å². The van der Waals surface area contributed by atoms with Crippen LogP contribution in [-0.4, -0.2) is 16.8 Å². The summed E-state index contributed by atoms with van der Waals surface area (Å²) in [5.41, 5.74) is 5.31. The zero-order valence-corrected chi connectivity index (χ0v) is 10.4. The van der Waals surface area contributed by atoms with Crippen molar-refractivity contribution in [2.45, 2.75) is 6.92 Å². The van der Waals surface area contributed by atoms with Gasteiger partial charge in [-0.1, -0.05) is 24.4 Å². The van der Waals surface area contributed by atoms with Gasteiger partial charge >= 0.3 is 0 Å². The summed E-state index contributed by atoms with van der Waals surface area (Å²) in [6.45, 7) is 2.36. The second-order valence-corrected chi connectivity index (χ2v) is 3.97. The zero-order chi connectivity index (χ0) is 12.0. The van der Waals surface area contributed by atoms with Gasteiger partial charge in [0.2, 0.25) is 0 Å². The Bertz CT molecular complexity index is 396. The molecule has 0 saturated carbocycles. The second-order valence-electron chi connectivity index (χ2n) is 2.81. The monoisotopic (exact) mass is 256 g/mol. The fourth-order valence-corrected chi connectivity index (χ4v) is 1.22.